The second kappa shape index (κ2) is 5.13. The van der Waals surface area contributed by atoms with Crippen LogP contribution in [0.15, 0.2) is 53.2 Å². The van der Waals surface area contributed by atoms with Gasteiger partial charge in [-0.3, -0.25) is 0 Å². The van der Waals surface area contributed by atoms with Crippen LogP contribution in [0.2, 0.25) is 0 Å². The fraction of sp³-hybridized carbons (Fsp3) is 0.0667. The molecule has 2 heterocycles. The van der Waals surface area contributed by atoms with Crippen molar-refractivity contribution in [2.75, 3.05) is 5.73 Å². The molecule has 2 aromatic heterocycles. The number of benzene rings is 1. The van der Waals surface area contributed by atoms with E-state index in [2.05, 4.69) is 10.1 Å². The second-order valence-corrected chi connectivity index (χ2v) is 4.42. The molecule has 3 aromatic rings. The average molecular weight is 269 g/mol. The van der Waals surface area contributed by atoms with Gasteiger partial charge >= 0.3 is 0 Å². The first-order valence-electron chi connectivity index (χ1n) is 6.13. The lowest BCUT2D eigenvalue weighted by atomic mass is 10.1. The molecule has 0 atom stereocenters. The van der Waals surface area contributed by atoms with E-state index in [-0.39, 0.29) is 5.82 Å². The molecule has 0 fully saturated rings. The second-order valence-electron chi connectivity index (χ2n) is 4.42. The van der Waals surface area contributed by atoms with E-state index >= 15 is 0 Å². The number of pyridine rings is 1. The molecule has 0 unspecified atom stereocenters. The number of anilines is 1. The van der Waals surface area contributed by atoms with E-state index in [0.717, 1.165) is 11.3 Å². The Hall–Kier alpha value is -2.69. The van der Waals surface area contributed by atoms with E-state index in [0.29, 0.717) is 23.6 Å². The Balaban J connectivity index is 1.84. The van der Waals surface area contributed by atoms with Crippen LogP contribution < -0.4 is 5.73 Å². The van der Waals surface area contributed by atoms with Crippen molar-refractivity contribution >= 4 is 5.82 Å². The average Bonchev–Trinajstić information content (AvgIpc) is 2.90. The molecule has 3 rings (SSSR count). The van der Waals surface area contributed by atoms with Crippen LogP contribution in [0.5, 0.6) is 0 Å². The summed E-state index contributed by atoms with van der Waals surface area (Å²) in [6, 6.07) is 11.7. The van der Waals surface area contributed by atoms with Crippen LogP contribution in [0, 0.1) is 5.82 Å². The standard InChI is InChI=1S/C15H12FN3O/c16-11-5-3-10(4-6-11)8-12-9-14(20-19-12)13-2-1-7-18-15(13)17/h1-7,9H,8H2,(H2,17,18). The summed E-state index contributed by atoms with van der Waals surface area (Å²) in [4.78, 5) is 4.01. The summed E-state index contributed by atoms with van der Waals surface area (Å²) in [5.74, 6) is 0.724. The lowest BCUT2D eigenvalue weighted by Crippen LogP contribution is -1.91. The highest BCUT2D eigenvalue weighted by atomic mass is 19.1. The third kappa shape index (κ3) is 2.51. The Labute approximate surface area is 115 Å². The Kier molecular flexibility index (Phi) is 3.16. The van der Waals surface area contributed by atoms with Crippen LogP contribution in [0.25, 0.3) is 11.3 Å². The third-order valence-corrected chi connectivity index (χ3v) is 2.96. The summed E-state index contributed by atoms with van der Waals surface area (Å²) in [5, 5.41) is 4.00. The minimum atomic E-state index is -0.252. The Morgan fingerprint density at radius 1 is 1.15 bits per heavy atom. The molecule has 0 radical (unpaired) electrons. The van der Waals surface area contributed by atoms with Crippen molar-refractivity contribution in [3.05, 3.63) is 65.7 Å². The molecule has 4 nitrogen and oxygen atoms in total. The van der Waals surface area contributed by atoms with Gasteiger partial charge in [-0.25, -0.2) is 9.37 Å². The van der Waals surface area contributed by atoms with Gasteiger partial charge < -0.3 is 10.3 Å². The van der Waals surface area contributed by atoms with Crippen molar-refractivity contribution in [3.63, 3.8) is 0 Å². The van der Waals surface area contributed by atoms with Crippen molar-refractivity contribution in [1.82, 2.24) is 10.1 Å². The van der Waals surface area contributed by atoms with Crippen LogP contribution in [0.3, 0.4) is 0 Å². The first kappa shape index (κ1) is 12.3. The van der Waals surface area contributed by atoms with Crippen molar-refractivity contribution in [3.8, 4) is 11.3 Å². The lowest BCUT2D eigenvalue weighted by Gasteiger charge is -1.98. The summed E-state index contributed by atoms with van der Waals surface area (Å²) in [5.41, 5.74) is 8.23. The van der Waals surface area contributed by atoms with Gasteiger partial charge in [0.05, 0.1) is 11.3 Å². The first-order chi connectivity index (χ1) is 9.72. The van der Waals surface area contributed by atoms with E-state index in [1.165, 1.54) is 12.1 Å². The van der Waals surface area contributed by atoms with E-state index in [1.807, 2.05) is 12.1 Å². The van der Waals surface area contributed by atoms with Crippen molar-refractivity contribution in [2.24, 2.45) is 0 Å². The largest absolute Gasteiger partial charge is 0.383 e. The van der Waals surface area contributed by atoms with Crippen molar-refractivity contribution in [1.29, 1.82) is 0 Å². The predicted octanol–water partition coefficient (Wildman–Crippen LogP) is 3.05. The number of halogens is 1. The molecule has 0 saturated heterocycles. The number of nitrogen functional groups attached to an aromatic ring is 1. The van der Waals surface area contributed by atoms with E-state index in [9.17, 15) is 4.39 Å². The molecule has 0 aliphatic carbocycles. The topological polar surface area (TPSA) is 64.9 Å². The monoisotopic (exact) mass is 269 g/mol. The van der Waals surface area contributed by atoms with Gasteiger partial charge in [-0.2, -0.15) is 0 Å². The van der Waals surface area contributed by atoms with E-state index in [1.54, 1.807) is 24.4 Å². The van der Waals surface area contributed by atoms with Gasteiger partial charge in [0.1, 0.15) is 11.6 Å². The molecule has 100 valence electrons. The zero-order valence-corrected chi connectivity index (χ0v) is 10.6. The molecule has 0 spiro atoms. The van der Waals surface area contributed by atoms with Gasteiger partial charge in [-0.1, -0.05) is 17.3 Å². The fourth-order valence-electron chi connectivity index (χ4n) is 1.96. The normalized spacial score (nSPS) is 10.7. The fourth-order valence-corrected chi connectivity index (χ4v) is 1.96. The maximum atomic E-state index is 12.8. The molecule has 0 saturated carbocycles. The zero-order valence-electron chi connectivity index (χ0n) is 10.6. The number of nitrogens with two attached hydrogens (primary N) is 1. The molecular weight excluding hydrogens is 257 g/mol. The van der Waals surface area contributed by atoms with Gasteiger partial charge in [0.2, 0.25) is 0 Å². The summed E-state index contributed by atoms with van der Waals surface area (Å²) < 4.78 is 18.1. The molecule has 0 aliphatic heterocycles. The highest BCUT2D eigenvalue weighted by molar-refractivity contribution is 5.69. The quantitative estimate of drug-likeness (QED) is 0.793. The summed E-state index contributed by atoms with van der Waals surface area (Å²) in [7, 11) is 0. The number of hydrogen-bond acceptors (Lipinski definition) is 4. The van der Waals surface area contributed by atoms with Crippen LogP contribution in [0.1, 0.15) is 11.3 Å². The molecule has 20 heavy (non-hydrogen) atoms. The SMILES string of the molecule is Nc1ncccc1-c1cc(Cc2ccc(F)cc2)no1. The van der Waals surface area contributed by atoms with Crippen molar-refractivity contribution < 1.29 is 8.91 Å². The first-order valence-corrected chi connectivity index (χ1v) is 6.13. The van der Waals surface area contributed by atoms with Gasteiger partial charge in [0.15, 0.2) is 5.76 Å². The van der Waals surface area contributed by atoms with Crippen LogP contribution in [-0.2, 0) is 6.42 Å². The molecule has 2 N–H and O–H groups in total. The Morgan fingerprint density at radius 3 is 2.70 bits per heavy atom. The van der Waals surface area contributed by atoms with E-state index in [4.69, 9.17) is 10.3 Å². The van der Waals surface area contributed by atoms with Gasteiger partial charge in [0.25, 0.3) is 0 Å². The summed E-state index contributed by atoms with van der Waals surface area (Å²) >= 11 is 0. The number of rotatable bonds is 3. The molecular formula is C15H12FN3O. The smallest absolute Gasteiger partial charge is 0.170 e. The highest BCUT2D eigenvalue weighted by Crippen LogP contribution is 2.25. The van der Waals surface area contributed by atoms with Crippen LogP contribution in [-0.4, -0.2) is 10.1 Å². The lowest BCUT2D eigenvalue weighted by molar-refractivity contribution is 0.425. The van der Waals surface area contributed by atoms with Gasteiger partial charge in [0, 0.05) is 18.7 Å². The van der Waals surface area contributed by atoms with E-state index < -0.39 is 0 Å². The molecule has 0 aliphatic rings. The third-order valence-electron chi connectivity index (χ3n) is 2.96. The van der Waals surface area contributed by atoms with Crippen molar-refractivity contribution in [2.45, 2.75) is 6.42 Å². The van der Waals surface area contributed by atoms with Crippen LogP contribution in [0.4, 0.5) is 10.2 Å². The predicted molar refractivity (Wildman–Crippen MR) is 73.4 cm³/mol. The highest BCUT2D eigenvalue weighted by Gasteiger charge is 2.10. The summed E-state index contributed by atoms with van der Waals surface area (Å²) in [6.07, 6.45) is 2.19. The number of hydrogen-bond donors (Lipinski definition) is 1. The zero-order chi connectivity index (χ0) is 13.9. The number of aromatic nitrogens is 2. The maximum absolute atomic E-state index is 12.8. The molecule has 1 aromatic carbocycles. The minimum absolute atomic E-state index is 0.252. The Bertz CT molecular complexity index is 722. The number of nitrogens with zero attached hydrogens (tertiary/aromatic N) is 2. The molecule has 0 amide bonds. The van der Waals surface area contributed by atoms with Gasteiger partial charge in [-0.05, 0) is 29.8 Å². The molecule has 5 heteroatoms. The van der Waals surface area contributed by atoms with Gasteiger partial charge in [-0.15, -0.1) is 0 Å². The maximum Gasteiger partial charge on any atom is 0.170 e. The summed E-state index contributed by atoms with van der Waals surface area (Å²) in [6.45, 7) is 0. The molecule has 0 bridgehead atoms. The minimum Gasteiger partial charge on any atom is -0.383 e. The van der Waals surface area contributed by atoms with Crippen LogP contribution >= 0.6 is 0 Å². The Morgan fingerprint density at radius 2 is 1.95 bits per heavy atom.